The number of aromatic nitrogens is 1. The number of ether oxygens (including phenoxy) is 1. The number of hydrogen-bond acceptors (Lipinski definition) is 4. The lowest BCUT2D eigenvalue weighted by Gasteiger charge is -2.17. The lowest BCUT2D eigenvalue weighted by Crippen LogP contribution is -2.40. The Bertz CT molecular complexity index is 753. The monoisotopic (exact) mass is 302 g/mol. The first-order chi connectivity index (χ1) is 10.2. The largest absolute Gasteiger partial charge is 0.427 e. The molecule has 0 fully saturated rings. The van der Waals surface area contributed by atoms with E-state index in [2.05, 4.69) is 5.32 Å². The van der Waals surface area contributed by atoms with E-state index in [1.807, 2.05) is 0 Å². The first-order valence-electron chi connectivity index (χ1n) is 6.84. The van der Waals surface area contributed by atoms with Gasteiger partial charge in [-0.1, -0.05) is 20.8 Å². The van der Waals surface area contributed by atoms with Gasteiger partial charge in [0.2, 0.25) is 5.91 Å². The molecular formula is C16H18N2O4. The highest BCUT2D eigenvalue weighted by atomic mass is 16.5. The van der Waals surface area contributed by atoms with E-state index in [0.717, 1.165) is 5.39 Å². The number of amides is 2. The molecule has 0 atom stereocenters. The molecule has 2 amide bonds. The molecule has 1 heterocycles. The maximum atomic E-state index is 12.2. The van der Waals surface area contributed by atoms with Crippen LogP contribution in [0.15, 0.2) is 30.5 Å². The van der Waals surface area contributed by atoms with Gasteiger partial charge in [-0.05, 0) is 24.3 Å². The van der Waals surface area contributed by atoms with E-state index in [-0.39, 0.29) is 5.91 Å². The molecule has 0 aliphatic rings. The van der Waals surface area contributed by atoms with Gasteiger partial charge in [0.25, 0.3) is 0 Å². The summed E-state index contributed by atoms with van der Waals surface area (Å²) in [5.41, 5.74) is -0.0312. The predicted molar refractivity (Wildman–Crippen MR) is 81.6 cm³/mol. The van der Waals surface area contributed by atoms with Crippen LogP contribution in [0, 0.1) is 5.41 Å². The van der Waals surface area contributed by atoms with Crippen molar-refractivity contribution in [3.63, 3.8) is 0 Å². The Kier molecular flexibility index (Phi) is 4.03. The molecule has 6 nitrogen and oxygen atoms in total. The van der Waals surface area contributed by atoms with Gasteiger partial charge >= 0.3 is 12.0 Å². The summed E-state index contributed by atoms with van der Waals surface area (Å²) in [4.78, 5) is 35.0. The van der Waals surface area contributed by atoms with Crippen LogP contribution in [0.3, 0.4) is 0 Å². The van der Waals surface area contributed by atoms with E-state index in [1.54, 1.807) is 51.2 Å². The van der Waals surface area contributed by atoms with Crippen molar-refractivity contribution in [3.05, 3.63) is 30.5 Å². The fourth-order valence-corrected chi connectivity index (χ4v) is 1.87. The van der Waals surface area contributed by atoms with Gasteiger partial charge in [0.05, 0.1) is 5.52 Å². The van der Waals surface area contributed by atoms with Crippen LogP contribution in [0.4, 0.5) is 4.79 Å². The Labute approximate surface area is 128 Å². The van der Waals surface area contributed by atoms with Crippen LogP contribution in [0.2, 0.25) is 0 Å². The van der Waals surface area contributed by atoms with Gasteiger partial charge in [-0.15, -0.1) is 0 Å². The highest BCUT2D eigenvalue weighted by Crippen LogP contribution is 2.22. The van der Waals surface area contributed by atoms with Crippen molar-refractivity contribution in [1.29, 1.82) is 0 Å². The summed E-state index contributed by atoms with van der Waals surface area (Å²) in [6.45, 7) is 6.51. The second-order valence-corrected chi connectivity index (χ2v) is 6.01. The van der Waals surface area contributed by atoms with Gasteiger partial charge in [-0.2, -0.15) is 0 Å². The number of nitrogens with one attached hydrogen (secondary N) is 1. The summed E-state index contributed by atoms with van der Waals surface area (Å²) >= 11 is 0. The molecule has 116 valence electrons. The topological polar surface area (TPSA) is 77.4 Å². The van der Waals surface area contributed by atoms with Crippen LogP contribution in [0.5, 0.6) is 5.75 Å². The fraction of sp³-hybridized carbons (Fsp3) is 0.312. The third-order valence-electron chi connectivity index (χ3n) is 3.04. The van der Waals surface area contributed by atoms with Gasteiger partial charge in [0, 0.05) is 23.9 Å². The highest BCUT2D eigenvalue weighted by Gasteiger charge is 2.24. The Morgan fingerprint density at radius 2 is 1.82 bits per heavy atom. The van der Waals surface area contributed by atoms with E-state index >= 15 is 0 Å². The lowest BCUT2D eigenvalue weighted by molar-refractivity contribution is -0.132. The number of imide groups is 1. The van der Waals surface area contributed by atoms with Crippen LogP contribution in [-0.4, -0.2) is 22.5 Å². The molecule has 0 saturated carbocycles. The van der Waals surface area contributed by atoms with Crippen LogP contribution >= 0.6 is 0 Å². The Hall–Kier alpha value is -2.63. The standard InChI is InChI=1S/C16H18N2O4/c1-10(19)22-12-5-6-13-11(9-12)7-8-18(13)15(21)17-14(20)16(2,3)4/h5-9H,1-4H3,(H,17,20,21). The van der Waals surface area contributed by atoms with E-state index < -0.39 is 17.4 Å². The maximum Gasteiger partial charge on any atom is 0.332 e. The molecule has 22 heavy (non-hydrogen) atoms. The minimum Gasteiger partial charge on any atom is -0.427 e. The fourth-order valence-electron chi connectivity index (χ4n) is 1.87. The number of carbonyl (C=O) groups excluding carboxylic acids is 3. The van der Waals surface area contributed by atoms with Gasteiger partial charge in [0.15, 0.2) is 0 Å². The van der Waals surface area contributed by atoms with Crippen LogP contribution in [-0.2, 0) is 9.59 Å². The smallest absolute Gasteiger partial charge is 0.332 e. The maximum absolute atomic E-state index is 12.2. The van der Waals surface area contributed by atoms with Crippen LogP contribution in [0.25, 0.3) is 10.9 Å². The number of hydrogen-bond donors (Lipinski definition) is 1. The average molecular weight is 302 g/mol. The normalized spacial score (nSPS) is 11.3. The zero-order valence-corrected chi connectivity index (χ0v) is 13.0. The molecule has 0 aliphatic carbocycles. The van der Waals surface area contributed by atoms with Gasteiger partial charge < -0.3 is 4.74 Å². The molecule has 1 N–H and O–H groups in total. The third kappa shape index (κ3) is 3.33. The summed E-state index contributed by atoms with van der Waals surface area (Å²) in [5.74, 6) is -0.355. The predicted octanol–water partition coefficient (Wildman–Crippen LogP) is 2.70. The summed E-state index contributed by atoms with van der Waals surface area (Å²) in [6.07, 6.45) is 1.56. The Morgan fingerprint density at radius 1 is 1.14 bits per heavy atom. The molecule has 2 aromatic rings. The SMILES string of the molecule is CC(=O)Oc1ccc2c(ccn2C(=O)NC(=O)C(C)(C)C)c1. The van der Waals surface area contributed by atoms with Crippen molar-refractivity contribution in [2.75, 3.05) is 0 Å². The number of esters is 1. The van der Waals surface area contributed by atoms with Crippen LogP contribution < -0.4 is 10.1 Å². The molecule has 0 spiro atoms. The molecule has 0 unspecified atom stereocenters. The first-order valence-corrected chi connectivity index (χ1v) is 6.84. The van der Waals surface area contributed by atoms with Crippen molar-refractivity contribution in [1.82, 2.24) is 9.88 Å². The lowest BCUT2D eigenvalue weighted by atomic mass is 9.96. The van der Waals surface area contributed by atoms with Crippen molar-refractivity contribution >= 4 is 28.8 Å². The minimum atomic E-state index is -0.652. The third-order valence-corrected chi connectivity index (χ3v) is 3.04. The van der Waals surface area contributed by atoms with E-state index in [1.165, 1.54) is 11.5 Å². The summed E-state index contributed by atoms with van der Waals surface area (Å²) in [5, 5.41) is 3.09. The Balaban J connectivity index is 2.27. The average Bonchev–Trinajstić information content (AvgIpc) is 2.79. The number of fused-ring (bicyclic) bond motifs is 1. The zero-order chi connectivity index (χ0) is 16.5. The van der Waals surface area contributed by atoms with Gasteiger partial charge in [0.1, 0.15) is 5.75 Å². The molecule has 0 aliphatic heterocycles. The number of benzene rings is 1. The molecule has 0 saturated heterocycles. The van der Waals surface area contributed by atoms with Crippen molar-refractivity contribution in [2.45, 2.75) is 27.7 Å². The number of rotatable bonds is 1. The molecule has 1 aromatic heterocycles. The summed E-state index contributed by atoms with van der Waals surface area (Å²) in [6, 6.07) is 6.11. The van der Waals surface area contributed by atoms with Crippen molar-refractivity contribution in [2.24, 2.45) is 5.41 Å². The minimum absolute atomic E-state index is 0.351. The van der Waals surface area contributed by atoms with E-state index in [0.29, 0.717) is 11.3 Å². The van der Waals surface area contributed by atoms with E-state index in [4.69, 9.17) is 4.74 Å². The summed E-state index contributed by atoms with van der Waals surface area (Å²) in [7, 11) is 0. The summed E-state index contributed by atoms with van der Waals surface area (Å²) < 4.78 is 6.34. The Morgan fingerprint density at radius 3 is 2.41 bits per heavy atom. The second kappa shape index (κ2) is 5.63. The second-order valence-electron chi connectivity index (χ2n) is 6.01. The molecule has 2 rings (SSSR count). The van der Waals surface area contributed by atoms with Gasteiger partial charge in [-0.25, -0.2) is 4.79 Å². The number of nitrogens with zero attached hydrogens (tertiary/aromatic N) is 1. The molecular weight excluding hydrogens is 284 g/mol. The van der Waals surface area contributed by atoms with Crippen molar-refractivity contribution in [3.8, 4) is 5.75 Å². The van der Waals surface area contributed by atoms with Crippen molar-refractivity contribution < 1.29 is 19.1 Å². The molecule has 0 bridgehead atoms. The molecule has 6 heteroatoms. The van der Waals surface area contributed by atoms with E-state index in [9.17, 15) is 14.4 Å². The highest BCUT2D eigenvalue weighted by molar-refractivity contribution is 6.01. The van der Waals surface area contributed by atoms with Gasteiger partial charge in [-0.3, -0.25) is 19.5 Å². The quantitative estimate of drug-likeness (QED) is 0.649. The molecule has 1 aromatic carbocycles. The number of carbonyl (C=O) groups is 3. The zero-order valence-electron chi connectivity index (χ0n) is 13.0. The van der Waals surface area contributed by atoms with Crippen LogP contribution in [0.1, 0.15) is 27.7 Å². The first kappa shape index (κ1) is 15.8. The molecule has 0 radical (unpaired) electrons.